The molecule has 3 nitrogen and oxygen atoms in total. The Morgan fingerprint density at radius 1 is 1.29 bits per heavy atom. The minimum atomic E-state index is -1.21. The van der Waals surface area contributed by atoms with Crippen molar-refractivity contribution in [1.82, 2.24) is 0 Å². The normalized spacial score (nSPS) is 11.6. The molecule has 1 aromatic rings. The lowest BCUT2D eigenvalue weighted by Crippen LogP contribution is -1.96. The Bertz CT molecular complexity index is 601. The first kappa shape index (κ1) is 17.4. The van der Waals surface area contributed by atoms with Crippen LogP contribution in [0.1, 0.15) is 19.4 Å². The summed E-state index contributed by atoms with van der Waals surface area (Å²) >= 11 is 3.60. The van der Waals surface area contributed by atoms with Crippen molar-refractivity contribution in [3.05, 3.63) is 41.5 Å². The summed E-state index contributed by atoms with van der Waals surface area (Å²) in [4.78, 5) is 13.2. The number of aliphatic carboxylic acids is 1. The molecular weight excluding hydrogens is 302 g/mol. The second kappa shape index (κ2) is 9.32. The topological polar surface area (TPSA) is 61.1 Å². The molecule has 0 fully saturated rings. The molecule has 0 unspecified atom stereocenters. The number of hydrogen-bond donors (Lipinski definition) is 1. The molecule has 21 heavy (non-hydrogen) atoms. The van der Waals surface area contributed by atoms with Gasteiger partial charge in [0.1, 0.15) is 11.6 Å². The lowest BCUT2D eigenvalue weighted by molar-refractivity contribution is -0.132. The van der Waals surface area contributed by atoms with Crippen LogP contribution >= 0.6 is 23.5 Å². The monoisotopic (exact) mass is 319 g/mol. The zero-order valence-electron chi connectivity index (χ0n) is 12.0. The molecule has 1 rings (SSSR count). The fourth-order valence-electron chi connectivity index (χ4n) is 1.58. The van der Waals surface area contributed by atoms with Crippen LogP contribution in [0.15, 0.2) is 45.7 Å². The van der Waals surface area contributed by atoms with Crippen LogP contribution in [0, 0.1) is 11.3 Å². The van der Waals surface area contributed by atoms with Crippen LogP contribution in [0.25, 0.3) is 6.08 Å². The van der Waals surface area contributed by atoms with E-state index >= 15 is 0 Å². The van der Waals surface area contributed by atoms with Gasteiger partial charge in [-0.25, -0.2) is 4.79 Å². The maximum Gasteiger partial charge on any atom is 0.346 e. The molecule has 0 saturated heterocycles. The van der Waals surface area contributed by atoms with E-state index in [0.29, 0.717) is 0 Å². The quantitative estimate of drug-likeness (QED) is 0.348. The fourth-order valence-corrected chi connectivity index (χ4v) is 3.35. The number of carboxylic acid groups (broad SMARTS) is 1. The summed E-state index contributed by atoms with van der Waals surface area (Å²) in [5, 5.41) is 17.4. The minimum absolute atomic E-state index is 0.271. The van der Waals surface area contributed by atoms with Crippen molar-refractivity contribution in [3.8, 4) is 6.07 Å². The number of rotatable bonds is 7. The first-order valence-corrected chi connectivity index (χ1v) is 8.50. The average Bonchev–Trinajstić information content (AvgIpc) is 2.46. The highest BCUT2D eigenvalue weighted by atomic mass is 32.2. The highest BCUT2D eigenvalue weighted by Gasteiger charge is 2.04. The Hall–Kier alpha value is -1.64. The Kier molecular flexibility index (Phi) is 7.73. The van der Waals surface area contributed by atoms with E-state index in [1.54, 1.807) is 30.0 Å². The van der Waals surface area contributed by atoms with Gasteiger partial charge in [0.2, 0.25) is 0 Å². The molecule has 0 atom stereocenters. The van der Waals surface area contributed by atoms with Crippen molar-refractivity contribution in [2.45, 2.75) is 23.6 Å². The summed E-state index contributed by atoms with van der Waals surface area (Å²) in [6.07, 6.45) is 4.71. The number of hydrogen-bond acceptors (Lipinski definition) is 4. The van der Waals surface area contributed by atoms with Crippen molar-refractivity contribution in [2.75, 3.05) is 11.5 Å². The van der Waals surface area contributed by atoms with Crippen molar-refractivity contribution >= 4 is 35.6 Å². The molecule has 0 aliphatic heterocycles. The molecule has 0 spiro atoms. The number of carbonyl (C=O) groups is 1. The highest BCUT2D eigenvalue weighted by molar-refractivity contribution is 8.02. The molecule has 0 aliphatic carbocycles. The first-order valence-electron chi connectivity index (χ1n) is 6.53. The second-order valence-electron chi connectivity index (χ2n) is 3.93. The SMILES string of the molecule is CCSc1ccc(C=CC=C(C#N)C(=O)O)cc1SCC. The van der Waals surface area contributed by atoms with Crippen molar-refractivity contribution in [1.29, 1.82) is 5.26 Å². The standard InChI is InChI=1S/C16H17NO2S2/c1-3-20-14-9-8-12(10-15(14)21-4-2)6-5-7-13(11-17)16(18)19/h5-10H,3-4H2,1-2H3,(H,18,19). The largest absolute Gasteiger partial charge is 0.477 e. The van der Waals surface area contributed by atoms with Crippen LogP contribution in [0.3, 0.4) is 0 Å². The lowest BCUT2D eigenvalue weighted by Gasteiger charge is -2.08. The number of nitriles is 1. The van der Waals surface area contributed by atoms with E-state index < -0.39 is 5.97 Å². The molecule has 0 bridgehead atoms. The van der Waals surface area contributed by atoms with Crippen molar-refractivity contribution in [3.63, 3.8) is 0 Å². The summed E-state index contributed by atoms with van der Waals surface area (Å²) < 4.78 is 0. The third-order valence-corrected chi connectivity index (χ3v) is 4.49. The summed E-state index contributed by atoms with van der Waals surface area (Å²) in [5.74, 6) is 0.820. The van der Waals surface area contributed by atoms with Gasteiger partial charge < -0.3 is 5.11 Å². The van der Waals surface area contributed by atoms with Crippen LogP contribution in [-0.2, 0) is 4.79 Å². The van der Waals surface area contributed by atoms with E-state index in [-0.39, 0.29) is 5.57 Å². The van der Waals surface area contributed by atoms with E-state index in [1.807, 2.05) is 17.8 Å². The van der Waals surface area contributed by atoms with Gasteiger partial charge in [-0.05, 0) is 35.3 Å². The van der Waals surface area contributed by atoms with Crippen LogP contribution in [0.2, 0.25) is 0 Å². The van der Waals surface area contributed by atoms with Crippen LogP contribution in [0.5, 0.6) is 0 Å². The van der Waals surface area contributed by atoms with E-state index in [9.17, 15) is 4.79 Å². The van der Waals surface area contributed by atoms with Gasteiger partial charge in [0.15, 0.2) is 0 Å². The van der Waals surface area contributed by atoms with Gasteiger partial charge in [-0.1, -0.05) is 32.1 Å². The number of nitrogens with zero attached hydrogens (tertiary/aromatic N) is 1. The van der Waals surface area contributed by atoms with Crippen molar-refractivity contribution in [2.24, 2.45) is 0 Å². The van der Waals surface area contributed by atoms with Crippen molar-refractivity contribution < 1.29 is 9.90 Å². The fraction of sp³-hybridized carbons (Fsp3) is 0.250. The van der Waals surface area contributed by atoms with Gasteiger partial charge >= 0.3 is 5.97 Å². The van der Waals surface area contributed by atoms with E-state index in [2.05, 4.69) is 26.0 Å². The first-order chi connectivity index (χ1) is 10.1. The Morgan fingerprint density at radius 2 is 1.95 bits per heavy atom. The lowest BCUT2D eigenvalue weighted by atomic mass is 10.2. The number of thioether (sulfide) groups is 2. The maximum absolute atomic E-state index is 10.7. The van der Waals surface area contributed by atoms with Gasteiger partial charge in [-0.15, -0.1) is 23.5 Å². The zero-order chi connectivity index (χ0) is 15.7. The number of allylic oxidation sites excluding steroid dienone is 2. The third kappa shape index (κ3) is 5.70. The number of carboxylic acids is 1. The van der Waals surface area contributed by atoms with E-state index in [1.165, 1.54) is 15.9 Å². The minimum Gasteiger partial charge on any atom is -0.477 e. The van der Waals surface area contributed by atoms with E-state index in [0.717, 1.165) is 17.1 Å². The smallest absolute Gasteiger partial charge is 0.346 e. The predicted molar refractivity (Wildman–Crippen MR) is 89.6 cm³/mol. The summed E-state index contributed by atoms with van der Waals surface area (Å²) in [5.41, 5.74) is 0.720. The molecule has 0 amide bonds. The van der Waals surface area contributed by atoms with Gasteiger partial charge in [-0.3, -0.25) is 0 Å². The van der Waals surface area contributed by atoms with Gasteiger partial charge in [0, 0.05) is 9.79 Å². The molecule has 0 aliphatic rings. The zero-order valence-corrected chi connectivity index (χ0v) is 13.6. The molecule has 0 radical (unpaired) electrons. The molecule has 0 saturated carbocycles. The summed E-state index contributed by atoms with van der Waals surface area (Å²) in [6, 6.07) is 7.81. The maximum atomic E-state index is 10.7. The van der Waals surface area contributed by atoms with Gasteiger partial charge in [0.05, 0.1) is 0 Å². The molecule has 0 heterocycles. The second-order valence-corrected chi connectivity index (χ2v) is 6.54. The molecule has 1 aromatic carbocycles. The summed E-state index contributed by atoms with van der Waals surface area (Å²) in [6.45, 7) is 4.24. The van der Waals surface area contributed by atoms with Gasteiger partial charge in [0.25, 0.3) is 0 Å². The summed E-state index contributed by atoms with van der Waals surface area (Å²) in [7, 11) is 0. The third-order valence-electron chi connectivity index (χ3n) is 2.47. The van der Waals surface area contributed by atoms with E-state index in [4.69, 9.17) is 10.4 Å². The molecular formula is C16H17NO2S2. The van der Waals surface area contributed by atoms with Crippen LogP contribution in [-0.4, -0.2) is 22.6 Å². The number of benzene rings is 1. The van der Waals surface area contributed by atoms with Crippen LogP contribution < -0.4 is 0 Å². The Morgan fingerprint density at radius 3 is 2.52 bits per heavy atom. The molecule has 0 aromatic heterocycles. The predicted octanol–water partition coefficient (Wildman–Crippen LogP) is 4.46. The molecule has 5 heteroatoms. The Labute approximate surface area is 133 Å². The highest BCUT2D eigenvalue weighted by Crippen LogP contribution is 2.31. The van der Waals surface area contributed by atoms with Crippen LogP contribution in [0.4, 0.5) is 0 Å². The average molecular weight is 319 g/mol. The Balaban J connectivity index is 2.97. The molecule has 1 N–H and O–H groups in total. The molecule has 110 valence electrons. The van der Waals surface area contributed by atoms with Gasteiger partial charge in [-0.2, -0.15) is 5.26 Å².